The van der Waals surface area contributed by atoms with Crippen molar-refractivity contribution in [3.63, 3.8) is 0 Å². The van der Waals surface area contributed by atoms with Crippen molar-refractivity contribution in [3.05, 3.63) is 103 Å². The molecule has 7 nitrogen and oxygen atoms in total. The van der Waals surface area contributed by atoms with E-state index >= 15 is 0 Å². The highest BCUT2D eigenvalue weighted by Crippen LogP contribution is 2.36. The number of ether oxygens (including phenoxy) is 3. The second-order valence-corrected chi connectivity index (χ2v) is 10.4. The lowest BCUT2D eigenvalue weighted by atomic mass is 10.0. The highest BCUT2D eigenvalue weighted by Gasteiger charge is 2.22. The van der Waals surface area contributed by atoms with Crippen molar-refractivity contribution in [2.24, 2.45) is 0 Å². The minimum Gasteiger partial charge on any atom is -0.497 e. The molecule has 1 heterocycles. The third-order valence-corrected chi connectivity index (χ3v) is 7.69. The van der Waals surface area contributed by atoms with E-state index in [2.05, 4.69) is 10.3 Å². The molecule has 0 aliphatic carbocycles. The van der Waals surface area contributed by atoms with Crippen molar-refractivity contribution in [3.8, 4) is 45.5 Å². The zero-order valence-electron chi connectivity index (χ0n) is 23.1. The largest absolute Gasteiger partial charge is 0.497 e. The zero-order valence-corrected chi connectivity index (χ0v) is 23.9. The molecule has 5 rings (SSSR count). The Hall–Kier alpha value is -4.69. The Morgan fingerprint density at radius 3 is 1.93 bits per heavy atom. The third kappa shape index (κ3) is 6.91. The van der Waals surface area contributed by atoms with Gasteiger partial charge in [-0.15, -0.1) is 0 Å². The molecule has 0 bridgehead atoms. The van der Waals surface area contributed by atoms with Crippen molar-refractivity contribution in [2.45, 2.75) is 23.8 Å². The predicted octanol–water partition coefficient (Wildman–Crippen LogP) is 8.06. The Kier molecular flexibility index (Phi) is 8.91. The van der Waals surface area contributed by atoms with Gasteiger partial charge in [-0.1, -0.05) is 36.9 Å². The van der Waals surface area contributed by atoms with E-state index in [0.717, 1.165) is 39.8 Å². The summed E-state index contributed by atoms with van der Waals surface area (Å²) in [6, 6.07) is 32.5. The molecule has 1 amide bonds. The minimum absolute atomic E-state index is 0.0948. The number of aromatic nitrogens is 2. The number of carbonyl (C=O) groups excluding carboxylic acids is 1. The number of H-pyrrole nitrogens is 1. The molecule has 208 valence electrons. The first kappa shape index (κ1) is 27.9. The van der Waals surface area contributed by atoms with E-state index in [1.54, 1.807) is 14.2 Å². The number of para-hydroxylation sites is 1. The fourth-order valence-corrected chi connectivity index (χ4v) is 5.15. The number of benzene rings is 4. The number of thioether (sulfide) groups is 1. The molecular weight excluding hydrogens is 534 g/mol. The minimum atomic E-state index is -0.353. The van der Waals surface area contributed by atoms with Gasteiger partial charge in [0.1, 0.15) is 23.0 Å². The van der Waals surface area contributed by atoms with Gasteiger partial charge < -0.3 is 24.5 Å². The molecule has 0 spiro atoms. The molecule has 0 saturated carbocycles. The van der Waals surface area contributed by atoms with Crippen LogP contribution in [0.5, 0.6) is 23.0 Å². The Morgan fingerprint density at radius 2 is 1.34 bits per heavy atom. The molecule has 0 radical (unpaired) electrons. The Balaban J connectivity index is 1.33. The quantitative estimate of drug-likeness (QED) is 0.158. The summed E-state index contributed by atoms with van der Waals surface area (Å²) in [5.41, 5.74) is 4.27. The SMILES string of the molecule is CCC(Sc1nc(-c2ccc(OC)cc2)c(-c2ccc(OC)cc2)[nH]1)C(=O)Nc1ccc(Oc2ccccc2)cc1. The fourth-order valence-electron chi connectivity index (χ4n) is 4.24. The zero-order chi connectivity index (χ0) is 28.6. The smallest absolute Gasteiger partial charge is 0.237 e. The molecule has 41 heavy (non-hydrogen) atoms. The Bertz CT molecular complexity index is 1500. The average molecular weight is 566 g/mol. The van der Waals surface area contributed by atoms with Crippen molar-refractivity contribution in [1.82, 2.24) is 9.97 Å². The van der Waals surface area contributed by atoms with Crippen LogP contribution in [0.1, 0.15) is 13.3 Å². The molecule has 1 unspecified atom stereocenters. The number of methoxy groups -OCH3 is 2. The van der Waals surface area contributed by atoms with E-state index in [0.29, 0.717) is 23.0 Å². The lowest BCUT2D eigenvalue weighted by molar-refractivity contribution is -0.115. The summed E-state index contributed by atoms with van der Waals surface area (Å²) in [6.45, 7) is 1.99. The highest BCUT2D eigenvalue weighted by molar-refractivity contribution is 8.00. The molecule has 2 N–H and O–H groups in total. The van der Waals surface area contributed by atoms with Gasteiger partial charge in [-0.3, -0.25) is 4.79 Å². The van der Waals surface area contributed by atoms with Crippen LogP contribution in [0.3, 0.4) is 0 Å². The van der Waals surface area contributed by atoms with E-state index in [1.807, 2.05) is 110 Å². The number of aromatic amines is 1. The van der Waals surface area contributed by atoms with Crippen LogP contribution in [0.2, 0.25) is 0 Å². The van der Waals surface area contributed by atoms with E-state index < -0.39 is 0 Å². The van der Waals surface area contributed by atoms with Crippen LogP contribution in [0.15, 0.2) is 108 Å². The molecule has 0 saturated heterocycles. The van der Waals surface area contributed by atoms with Crippen molar-refractivity contribution in [1.29, 1.82) is 0 Å². The maximum absolute atomic E-state index is 13.3. The number of rotatable bonds is 11. The van der Waals surface area contributed by atoms with E-state index in [1.165, 1.54) is 11.8 Å². The molecule has 1 atom stereocenters. The number of hydrogen-bond donors (Lipinski definition) is 2. The van der Waals surface area contributed by atoms with Crippen molar-refractivity contribution in [2.75, 3.05) is 19.5 Å². The lowest BCUT2D eigenvalue weighted by Crippen LogP contribution is -2.24. The Labute approximate surface area is 243 Å². The summed E-state index contributed by atoms with van der Waals surface area (Å²) in [5.74, 6) is 2.91. The van der Waals surface area contributed by atoms with Gasteiger partial charge in [0.05, 0.1) is 30.9 Å². The standard InChI is InChI=1S/C33H31N3O4S/c1-4-29(32(37)34-24-14-20-28(21-15-24)40-27-8-6-5-7-9-27)41-33-35-30(22-10-16-25(38-2)17-11-22)31(36-33)23-12-18-26(39-3)19-13-23/h5-21,29H,4H2,1-3H3,(H,34,37)(H,35,36). The summed E-state index contributed by atoms with van der Waals surface area (Å²) in [4.78, 5) is 21.6. The monoisotopic (exact) mass is 565 g/mol. The summed E-state index contributed by atoms with van der Waals surface area (Å²) in [6.07, 6.45) is 0.627. The van der Waals surface area contributed by atoms with Gasteiger partial charge >= 0.3 is 0 Å². The van der Waals surface area contributed by atoms with Crippen LogP contribution in [0, 0.1) is 0 Å². The molecule has 0 aliphatic rings. The number of imidazole rings is 1. The highest BCUT2D eigenvalue weighted by atomic mass is 32.2. The second kappa shape index (κ2) is 13.1. The molecule has 5 aromatic rings. The topological polar surface area (TPSA) is 85.5 Å². The molecule has 4 aromatic carbocycles. The van der Waals surface area contributed by atoms with Crippen LogP contribution >= 0.6 is 11.8 Å². The summed E-state index contributed by atoms with van der Waals surface area (Å²) in [5, 5.41) is 3.34. The molecule has 1 aromatic heterocycles. The summed E-state index contributed by atoms with van der Waals surface area (Å²) >= 11 is 1.41. The Morgan fingerprint density at radius 1 is 0.780 bits per heavy atom. The van der Waals surface area contributed by atoms with Gasteiger partial charge in [-0.05, 0) is 91.3 Å². The average Bonchev–Trinajstić information content (AvgIpc) is 3.45. The van der Waals surface area contributed by atoms with Crippen LogP contribution in [0.4, 0.5) is 5.69 Å². The predicted molar refractivity (Wildman–Crippen MR) is 164 cm³/mol. The summed E-state index contributed by atoms with van der Waals surface area (Å²) in [7, 11) is 3.29. The van der Waals surface area contributed by atoms with E-state index in [4.69, 9.17) is 19.2 Å². The third-order valence-electron chi connectivity index (χ3n) is 6.44. The normalized spacial score (nSPS) is 11.5. The van der Waals surface area contributed by atoms with Crippen molar-refractivity contribution >= 4 is 23.4 Å². The fraction of sp³-hybridized carbons (Fsp3) is 0.152. The first-order chi connectivity index (χ1) is 20.1. The lowest BCUT2D eigenvalue weighted by Gasteiger charge is -2.14. The van der Waals surface area contributed by atoms with Gasteiger partial charge in [0, 0.05) is 16.8 Å². The van der Waals surface area contributed by atoms with Crippen LogP contribution in [-0.2, 0) is 4.79 Å². The number of carbonyl (C=O) groups is 1. The number of amides is 1. The van der Waals surface area contributed by atoms with E-state index in [9.17, 15) is 4.79 Å². The summed E-state index contributed by atoms with van der Waals surface area (Å²) < 4.78 is 16.5. The molecule has 0 fully saturated rings. The maximum atomic E-state index is 13.3. The molecule has 8 heteroatoms. The van der Waals surface area contributed by atoms with Gasteiger partial charge in [0.25, 0.3) is 0 Å². The van der Waals surface area contributed by atoms with Crippen LogP contribution < -0.4 is 19.5 Å². The molecular formula is C33H31N3O4S. The number of nitrogens with one attached hydrogen (secondary N) is 2. The first-order valence-electron chi connectivity index (χ1n) is 13.3. The van der Waals surface area contributed by atoms with Gasteiger partial charge in [0.15, 0.2) is 5.16 Å². The van der Waals surface area contributed by atoms with Gasteiger partial charge in [-0.2, -0.15) is 0 Å². The number of nitrogens with zero attached hydrogens (tertiary/aromatic N) is 1. The van der Waals surface area contributed by atoms with Crippen LogP contribution in [0.25, 0.3) is 22.5 Å². The number of anilines is 1. The van der Waals surface area contributed by atoms with Crippen LogP contribution in [-0.4, -0.2) is 35.3 Å². The second-order valence-electron chi connectivity index (χ2n) is 9.17. The van der Waals surface area contributed by atoms with Gasteiger partial charge in [0.2, 0.25) is 5.91 Å². The van der Waals surface area contributed by atoms with Crippen molar-refractivity contribution < 1.29 is 19.0 Å². The van der Waals surface area contributed by atoms with Gasteiger partial charge in [-0.25, -0.2) is 4.98 Å². The van der Waals surface area contributed by atoms with E-state index in [-0.39, 0.29) is 11.2 Å². The molecule has 0 aliphatic heterocycles. The number of hydrogen-bond acceptors (Lipinski definition) is 6. The first-order valence-corrected chi connectivity index (χ1v) is 14.1. The maximum Gasteiger partial charge on any atom is 0.237 e.